The number of hydrogen-bond donors (Lipinski definition) is 2. The first kappa shape index (κ1) is 13.1. The van der Waals surface area contributed by atoms with Gasteiger partial charge in [0.15, 0.2) is 0 Å². The van der Waals surface area contributed by atoms with E-state index in [-0.39, 0.29) is 6.04 Å². The summed E-state index contributed by atoms with van der Waals surface area (Å²) in [4.78, 5) is 0. The van der Waals surface area contributed by atoms with E-state index in [0.29, 0.717) is 11.1 Å². The zero-order valence-corrected chi connectivity index (χ0v) is 10.4. The predicted molar refractivity (Wildman–Crippen MR) is 64.3 cm³/mol. The third-order valence-corrected chi connectivity index (χ3v) is 2.73. The van der Waals surface area contributed by atoms with E-state index in [9.17, 15) is 5.11 Å². The molecule has 0 saturated heterocycles. The molecule has 1 aromatic rings. The van der Waals surface area contributed by atoms with Crippen LogP contribution < -0.4 is 5.73 Å². The van der Waals surface area contributed by atoms with Gasteiger partial charge in [0.2, 0.25) is 3.79 Å². The highest BCUT2D eigenvalue weighted by molar-refractivity contribution is 6.66. The third kappa shape index (κ3) is 3.51. The maximum atomic E-state index is 9.67. The number of alkyl halides is 3. The standard InChI is InChI=1S/C10H12Cl3NO/c1-6(14)9(15)7-2-4-8(5-3-7)10(11,12)13/h2-6,9,15H,14H2,1H3. The van der Waals surface area contributed by atoms with Gasteiger partial charge < -0.3 is 10.8 Å². The molecule has 0 fully saturated rings. The second kappa shape index (κ2) is 4.89. The smallest absolute Gasteiger partial charge is 0.216 e. The number of rotatable bonds is 2. The molecule has 0 aliphatic heterocycles. The molecular formula is C10H12Cl3NO. The maximum Gasteiger partial charge on any atom is 0.216 e. The molecule has 0 heterocycles. The van der Waals surface area contributed by atoms with Crippen molar-refractivity contribution in [1.82, 2.24) is 0 Å². The Kier molecular flexibility index (Phi) is 4.27. The first-order valence-corrected chi connectivity index (χ1v) is 5.56. The number of benzene rings is 1. The minimum absolute atomic E-state index is 0.330. The van der Waals surface area contributed by atoms with Crippen molar-refractivity contribution in [3.63, 3.8) is 0 Å². The molecule has 0 saturated carbocycles. The number of halogens is 3. The average Bonchev–Trinajstić information content (AvgIpc) is 2.15. The zero-order chi connectivity index (χ0) is 11.6. The minimum Gasteiger partial charge on any atom is -0.387 e. The summed E-state index contributed by atoms with van der Waals surface area (Å²) in [5, 5.41) is 9.67. The Balaban J connectivity index is 2.91. The van der Waals surface area contributed by atoms with Crippen LogP contribution in [0.25, 0.3) is 0 Å². The van der Waals surface area contributed by atoms with Crippen molar-refractivity contribution < 1.29 is 5.11 Å². The summed E-state index contributed by atoms with van der Waals surface area (Å²) in [5.41, 5.74) is 6.84. The van der Waals surface area contributed by atoms with Gasteiger partial charge in [-0.3, -0.25) is 0 Å². The minimum atomic E-state index is -1.43. The Hall–Kier alpha value is 0.01000. The van der Waals surface area contributed by atoms with E-state index in [0.717, 1.165) is 0 Å². The third-order valence-electron chi connectivity index (χ3n) is 2.08. The van der Waals surface area contributed by atoms with Crippen LogP contribution in [-0.4, -0.2) is 11.1 Å². The summed E-state index contributed by atoms with van der Waals surface area (Å²) >= 11 is 17.1. The first-order valence-electron chi connectivity index (χ1n) is 4.43. The van der Waals surface area contributed by atoms with Crippen LogP contribution in [0.15, 0.2) is 24.3 Å². The molecule has 0 aliphatic carbocycles. The van der Waals surface area contributed by atoms with Crippen molar-refractivity contribution in [2.45, 2.75) is 22.9 Å². The van der Waals surface area contributed by atoms with E-state index in [4.69, 9.17) is 40.5 Å². The highest BCUT2D eigenvalue weighted by Gasteiger charge is 2.23. The zero-order valence-electron chi connectivity index (χ0n) is 8.12. The van der Waals surface area contributed by atoms with E-state index in [1.54, 1.807) is 31.2 Å². The van der Waals surface area contributed by atoms with Crippen LogP contribution in [0.1, 0.15) is 24.2 Å². The van der Waals surface area contributed by atoms with Gasteiger partial charge in [-0.2, -0.15) is 0 Å². The van der Waals surface area contributed by atoms with Gasteiger partial charge in [-0.25, -0.2) is 0 Å². The van der Waals surface area contributed by atoms with Crippen molar-refractivity contribution in [3.05, 3.63) is 35.4 Å². The SMILES string of the molecule is CC(N)C(O)c1ccc(C(Cl)(Cl)Cl)cc1. The van der Waals surface area contributed by atoms with Crippen LogP contribution >= 0.6 is 34.8 Å². The van der Waals surface area contributed by atoms with E-state index in [1.165, 1.54) is 0 Å². The number of hydrogen-bond acceptors (Lipinski definition) is 2. The lowest BCUT2D eigenvalue weighted by Crippen LogP contribution is -2.24. The van der Waals surface area contributed by atoms with E-state index in [1.807, 2.05) is 0 Å². The topological polar surface area (TPSA) is 46.2 Å². The van der Waals surface area contributed by atoms with Gasteiger partial charge in [0.1, 0.15) is 0 Å². The molecule has 2 nitrogen and oxygen atoms in total. The molecule has 1 aromatic carbocycles. The normalized spacial score (nSPS) is 16.1. The molecule has 0 bridgehead atoms. The highest BCUT2D eigenvalue weighted by Crippen LogP contribution is 2.38. The lowest BCUT2D eigenvalue weighted by Gasteiger charge is -2.16. The largest absolute Gasteiger partial charge is 0.387 e. The molecule has 0 aliphatic rings. The summed E-state index contributed by atoms with van der Waals surface area (Å²) in [6.45, 7) is 1.73. The molecule has 0 spiro atoms. The molecule has 2 atom stereocenters. The second-order valence-corrected chi connectivity index (χ2v) is 5.70. The number of nitrogens with two attached hydrogens (primary N) is 1. The van der Waals surface area contributed by atoms with Gasteiger partial charge in [0.05, 0.1) is 6.10 Å². The Morgan fingerprint density at radius 1 is 1.20 bits per heavy atom. The summed E-state index contributed by atoms with van der Waals surface area (Å²) in [6.07, 6.45) is -0.700. The summed E-state index contributed by atoms with van der Waals surface area (Å²) < 4.78 is -1.43. The monoisotopic (exact) mass is 267 g/mol. The number of aliphatic hydroxyl groups excluding tert-OH is 1. The molecule has 84 valence electrons. The van der Waals surface area contributed by atoms with Gasteiger partial charge >= 0.3 is 0 Å². The molecule has 0 radical (unpaired) electrons. The van der Waals surface area contributed by atoms with Crippen LogP contribution in [0.2, 0.25) is 0 Å². The lowest BCUT2D eigenvalue weighted by molar-refractivity contribution is 0.153. The van der Waals surface area contributed by atoms with Crippen LogP contribution in [0.3, 0.4) is 0 Å². The van der Waals surface area contributed by atoms with Crippen LogP contribution in [0.4, 0.5) is 0 Å². The fourth-order valence-corrected chi connectivity index (χ4v) is 1.55. The van der Waals surface area contributed by atoms with Gasteiger partial charge in [0, 0.05) is 11.6 Å². The Bertz CT molecular complexity index is 318. The highest BCUT2D eigenvalue weighted by atomic mass is 35.6. The van der Waals surface area contributed by atoms with Crippen LogP contribution in [0, 0.1) is 0 Å². The molecule has 5 heteroatoms. The average molecular weight is 269 g/mol. The maximum absolute atomic E-state index is 9.67. The van der Waals surface area contributed by atoms with E-state index < -0.39 is 9.90 Å². The Morgan fingerprint density at radius 3 is 2.00 bits per heavy atom. The Labute approximate surface area is 104 Å². The van der Waals surface area contributed by atoms with Crippen LogP contribution in [0.5, 0.6) is 0 Å². The second-order valence-electron chi connectivity index (χ2n) is 3.42. The fraction of sp³-hybridized carbons (Fsp3) is 0.400. The molecule has 0 aromatic heterocycles. The van der Waals surface area contributed by atoms with Gasteiger partial charge in [0.25, 0.3) is 0 Å². The molecular weight excluding hydrogens is 256 g/mol. The molecule has 3 N–H and O–H groups in total. The van der Waals surface area contributed by atoms with Gasteiger partial charge in [-0.05, 0) is 12.5 Å². The molecule has 15 heavy (non-hydrogen) atoms. The van der Waals surface area contributed by atoms with Crippen molar-refractivity contribution in [1.29, 1.82) is 0 Å². The van der Waals surface area contributed by atoms with Crippen molar-refractivity contribution in [2.75, 3.05) is 0 Å². The fourth-order valence-electron chi connectivity index (χ4n) is 1.17. The van der Waals surface area contributed by atoms with Crippen molar-refractivity contribution in [3.8, 4) is 0 Å². The molecule has 2 unspecified atom stereocenters. The van der Waals surface area contributed by atoms with E-state index in [2.05, 4.69) is 0 Å². The van der Waals surface area contributed by atoms with Crippen LogP contribution in [-0.2, 0) is 3.79 Å². The summed E-state index contributed by atoms with van der Waals surface area (Å²) in [7, 11) is 0. The van der Waals surface area contributed by atoms with Crippen molar-refractivity contribution >= 4 is 34.8 Å². The summed E-state index contributed by atoms with van der Waals surface area (Å²) in [6, 6.07) is 6.39. The van der Waals surface area contributed by atoms with Gasteiger partial charge in [-0.15, -0.1) is 0 Å². The lowest BCUT2D eigenvalue weighted by atomic mass is 10.0. The van der Waals surface area contributed by atoms with Gasteiger partial charge in [-0.1, -0.05) is 59.1 Å². The molecule has 0 amide bonds. The number of aliphatic hydroxyl groups is 1. The van der Waals surface area contributed by atoms with Crippen molar-refractivity contribution in [2.24, 2.45) is 5.73 Å². The molecule has 1 rings (SSSR count). The Morgan fingerprint density at radius 2 is 1.67 bits per heavy atom. The quantitative estimate of drug-likeness (QED) is 0.810. The first-order chi connectivity index (χ1) is 6.82. The summed E-state index contributed by atoms with van der Waals surface area (Å²) in [5.74, 6) is 0. The predicted octanol–water partition coefficient (Wildman–Crippen LogP) is 2.89. The van der Waals surface area contributed by atoms with E-state index >= 15 is 0 Å².